The molecular formula is C17H27NO. The van der Waals surface area contributed by atoms with Crippen LogP contribution in [-0.4, -0.2) is 18.2 Å². The van der Waals surface area contributed by atoms with Crippen LogP contribution in [-0.2, 0) is 0 Å². The number of aliphatic hydroxyl groups is 1. The molecule has 1 aromatic rings. The minimum Gasteiger partial charge on any atom is -0.388 e. The Labute approximate surface area is 117 Å². The van der Waals surface area contributed by atoms with Crippen LogP contribution in [0.25, 0.3) is 0 Å². The summed E-state index contributed by atoms with van der Waals surface area (Å²) in [5, 5.41) is 10.2. The van der Waals surface area contributed by atoms with Gasteiger partial charge in [-0.25, -0.2) is 0 Å². The molecule has 0 spiro atoms. The standard InChI is InChI=1S/C17H27NO/c1-4-17(19)15-7-5-6-8-16(15)18-11-9-14(10-12-18)13(2)3/h5-8,13-14,17,19H,4,9-12H2,1-3H3/t17-/m1/s1. The highest BCUT2D eigenvalue weighted by Crippen LogP contribution is 2.32. The molecule has 0 amide bonds. The number of rotatable bonds is 4. The lowest BCUT2D eigenvalue weighted by Crippen LogP contribution is -2.35. The predicted octanol–water partition coefficient (Wildman–Crippen LogP) is 4.00. The van der Waals surface area contributed by atoms with Crippen LogP contribution in [0.15, 0.2) is 24.3 Å². The van der Waals surface area contributed by atoms with Crippen molar-refractivity contribution in [1.82, 2.24) is 0 Å². The number of piperidine rings is 1. The van der Waals surface area contributed by atoms with E-state index in [1.165, 1.54) is 18.5 Å². The van der Waals surface area contributed by atoms with Crippen molar-refractivity contribution in [2.45, 2.75) is 46.1 Å². The van der Waals surface area contributed by atoms with Gasteiger partial charge in [0.05, 0.1) is 6.10 Å². The molecule has 19 heavy (non-hydrogen) atoms. The summed E-state index contributed by atoms with van der Waals surface area (Å²) in [5.41, 5.74) is 2.33. The zero-order valence-corrected chi connectivity index (χ0v) is 12.5. The number of hydrogen-bond donors (Lipinski definition) is 1. The van der Waals surface area contributed by atoms with Gasteiger partial charge in [-0.2, -0.15) is 0 Å². The number of para-hydroxylation sites is 1. The van der Waals surface area contributed by atoms with Gasteiger partial charge in [0.15, 0.2) is 0 Å². The topological polar surface area (TPSA) is 23.5 Å². The molecule has 0 saturated carbocycles. The van der Waals surface area contributed by atoms with Crippen molar-refractivity contribution in [2.75, 3.05) is 18.0 Å². The Morgan fingerprint density at radius 2 is 1.84 bits per heavy atom. The maximum atomic E-state index is 10.2. The first-order valence-electron chi connectivity index (χ1n) is 7.65. The number of nitrogens with zero attached hydrogens (tertiary/aromatic N) is 1. The summed E-state index contributed by atoms with van der Waals surface area (Å²) >= 11 is 0. The van der Waals surface area contributed by atoms with E-state index in [0.717, 1.165) is 36.9 Å². The van der Waals surface area contributed by atoms with Crippen LogP contribution in [0.2, 0.25) is 0 Å². The van der Waals surface area contributed by atoms with Crippen LogP contribution in [0.5, 0.6) is 0 Å². The Balaban J connectivity index is 2.11. The van der Waals surface area contributed by atoms with E-state index in [4.69, 9.17) is 0 Å². The Hall–Kier alpha value is -1.02. The second kappa shape index (κ2) is 6.42. The molecule has 0 aromatic heterocycles. The first-order valence-corrected chi connectivity index (χ1v) is 7.65. The molecule has 2 heteroatoms. The van der Waals surface area contributed by atoms with Crippen molar-refractivity contribution < 1.29 is 5.11 Å². The quantitative estimate of drug-likeness (QED) is 0.885. The van der Waals surface area contributed by atoms with Gasteiger partial charge in [-0.05, 0) is 37.2 Å². The van der Waals surface area contributed by atoms with Crippen LogP contribution in [0.3, 0.4) is 0 Å². The minimum atomic E-state index is -0.334. The van der Waals surface area contributed by atoms with Crippen LogP contribution in [0, 0.1) is 11.8 Å². The van der Waals surface area contributed by atoms with Gasteiger partial charge in [0.1, 0.15) is 0 Å². The molecule has 0 unspecified atom stereocenters. The first kappa shape index (κ1) is 14.4. The molecule has 1 aromatic carbocycles. The van der Waals surface area contributed by atoms with E-state index in [1.54, 1.807) is 0 Å². The molecule has 1 N–H and O–H groups in total. The second-order valence-electron chi connectivity index (χ2n) is 6.05. The molecular weight excluding hydrogens is 234 g/mol. The fraction of sp³-hybridized carbons (Fsp3) is 0.647. The Morgan fingerprint density at radius 1 is 1.21 bits per heavy atom. The maximum absolute atomic E-state index is 10.2. The highest BCUT2D eigenvalue weighted by molar-refractivity contribution is 5.54. The van der Waals surface area contributed by atoms with Gasteiger partial charge in [-0.15, -0.1) is 0 Å². The van der Waals surface area contributed by atoms with E-state index in [9.17, 15) is 5.11 Å². The van der Waals surface area contributed by atoms with Crippen molar-refractivity contribution in [1.29, 1.82) is 0 Å². The first-order chi connectivity index (χ1) is 9.13. The van der Waals surface area contributed by atoms with Crippen LogP contribution in [0.4, 0.5) is 5.69 Å². The zero-order valence-electron chi connectivity index (χ0n) is 12.5. The fourth-order valence-electron chi connectivity index (χ4n) is 3.08. The van der Waals surface area contributed by atoms with Crippen molar-refractivity contribution in [3.8, 4) is 0 Å². The summed E-state index contributed by atoms with van der Waals surface area (Å²) in [6, 6.07) is 8.33. The molecule has 1 fully saturated rings. The number of aliphatic hydroxyl groups excluding tert-OH is 1. The molecule has 1 aliphatic rings. The van der Waals surface area contributed by atoms with E-state index in [1.807, 2.05) is 13.0 Å². The van der Waals surface area contributed by atoms with E-state index >= 15 is 0 Å². The largest absolute Gasteiger partial charge is 0.388 e. The summed E-state index contributed by atoms with van der Waals surface area (Å²) in [5.74, 6) is 1.65. The Kier molecular flexibility index (Phi) is 4.87. The third-order valence-corrected chi connectivity index (χ3v) is 4.51. The highest BCUT2D eigenvalue weighted by Gasteiger charge is 2.23. The number of anilines is 1. The summed E-state index contributed by atoms with van der Waals surface area (Å²) in [6.45, 7) is 8.93. The molecule has 106 valence electrons. The molecule has 0 bridgehead atoms. The van der Waals surface area contributed by atoms with E-state index < -0.39 is 0 Å². The molecule has 1 heterocycles. The molecule has 0 radical (unpaired) electrons. The second-order valence-corrected chi connectivity index (χ2v) is 6.05. The van der Waals surface area contributed by atoms with Gasteiger partial charge >= 0.3 is 0 Å². The number of benzene rings is 1. The summed E-state index contributed by atoms with van der Waals surface area (Å²) in [7, 11) is 0. The summed E-state index contributed by atoms with van der Waals surface area (Å²) in [4.78, 5) is 2.45. The van der Waals surface area contributed by atoms with E-state index in [-0.39, 0.29) is 6.10 Å². The van der Waals surface area contributed by atoms with Gasteiger partial charge < -0.3 is 10.0 Å². The van der Waals surface area contributed by atoms with Gasteiger partial charge in [0, 0.05) is 24.3 Å². The Morgan fingerprint density at radius 3 is 2.42 bits per heavy atom. The fourth-order valence-corrected chi connectivity index (χ4v) is 3.08. The monoisotopic (exact) mass is 261 g/mol. The van der Waals surface area contributed by atoms with Crippen LogP contribution >= 0.6 is 0 Å². The summed E-state index contributed by atoms with van der Waals surface area (Å²) < 4.78 is 0. The van der Waals surface area contributed by atoms with Gasteiger partial charge in [-0.3, -0.25) is 0 Å². The van der Waals surface area contributed by atoms with Crippen LogP contribution < -0.4 is 4.90 Å². The van der Waals surface area contributed by atoms with Gasteiger partial charge in [0.2, 0.25) is 0 Å². The normalized spacial score (nSPS) is 18.9. The minimum absolute atomic E-state index is 0.334. The van der Waals surface area contributed by atoms with Gasteiger partial charge in [0.25, 0.3) is 0 Å². The third kappa shape index (κ3) is 3.30. The lowest BCUT2D eigenvalue weighted by molar-refractivity contribution is 0.173. The molecule has 2 nitrogen and oxygen atoms in total. The van der Waals surface area contributed by atoms with Crippen molar-refractivity contribution in [2.24, 2.45) is 11.8 Å². The lowest BCUT2D eigenvalue weighted by atomic mass is 9.86. The molecule has 1 atom stereocenters. The average Bonchev–Trinajstić information content (AvgIpc) is 2.46. The SMILES string of the molecule is CC[C@@H](O)c1ccccc1N1CCC(C(C)C)CC1. The summed E-state index contributed by atoms with van der Waals surface area (Å²) in [6.07, 6.45) is 2.99. The lowest BCUT2D eigenvalue weighted by Gasteiger charge is -2.36. The highest BCUT2D eigenvalue weighted by atomic mass is 16.3. The Bertz CT molecular complexity index is 394. The third-order valence-electron chi connectivity index (χ3n) is 4.51. The number of hydrogen-bond acceptors (Lipinski definition) is 2. The smallest absolute Gasteiger partial charge is 0.0807 e. The van der Waals surface area contributed by atoms with Crippen molar-refractivity contribution in [3.05, 3.63) is 29.8 Å². The average molecular weight is 261 g/mol. The molecule has 2 rings (SSSR count). The van der Waals surface area contributed by atoms with Crippen LogP contribution in [0.1, 0.15) is 51.7 Å². The maximum Gasteiger partial charge on any atom is 0.0807 e. The molecule has 0 aliphatic carbocycles. The van der Waals surface area contributed by atoms with Gasteiger partial charge in [-0.1, -0.05) is 39.0 Å². The zero-order chi connectivity index (χ0) is 13.8. The van der Waals surface area contributed by atoms with E-state index in [2.05, 4.69) is 36.9 Å². The molecule has 1 aliphatic heterocycles. The van der Waals surface area contributed by atoms with Crippen molar-refractivity contribution in [3.63, 3.8) is 0 Å². The van der Waals surface area contributed by atoms with Crippen molar-refractivity contribution >= 4 is 5.69 Å². The van der Waals surface area contributed by atoms with E-state index in [0.29, 0.717) is 0 Å². The predicted molar refractivity (Wildman–Crippen MR) is 81.5 cm³/mol. The molecule has 1 saturated heterocycles.